The average molecular weight is 224 g/mol. The second kappa shape index (κ2) is 9.20. The monoisotopic (exact) mass is 224 g/mol. The van der Waals surface area contributed by atoms with Crippen LogP contribution in [0.4, 0.5) is 0 Å². The summed E-state index contributed by atoms with van der Waals surface area (Å²) in [4.78, 5) is 10.4. The van der Waals surface area contributed by atoms with Crippen molar-refractivity contribution in [1.29, 1.82) is 0 Å². The van der Waals surface area contributed by atoms with Crippen molar-refractivity contribution >= 4 is 5.97 Å². The highest BCUT2D eigenvalue weighted by Crippen LogP contribution is 2.12. The highest BCUT2D eigenvalue weighted by atomic mass is 16.4. The lowest BCUT2D eigenvalue weighted by Gasteiger charge is -2.01. The quantitative estimate of drug-likeness (QED) is 0.378. The zero-order valence-corrected chi connectivity index (χ0v) is 10.8. The molecule has 0 aromatic rings. The Kier molecular flexibility index (Phi) is 8.59. The third-order valence-electron chi connectivity index (χ3n) is 2.48. The molecule has 0 saturated heterocycles. The molecule has 0 spiro atoms. The van der Waals surface area contributed by atoms with Crippen LogP contribution < -0.4 is 0 Å². The summed E-state index contributed by atoms with van der Waals surface area (Å²) >= 11 is 0. The van der Waals surface area contributed by atoms with Crippen LogP contribution in [0.25, 0.3) is 0 Å². The smallest absolute Gasteiger partial charge is 0.328 e. The van der Waals surface area contributed by atoms with Crippen LogP contribution in [-0.4, -0.2) is 11.1 Å². The molecule has 0 saturated carbocycles. The first-order valence-corrected chi connectivity index (χ1v) is 6.12. The summed E-state index contributed by atoms with van der Waals surface area (Å²) in [5, 5.41) is 8.57. The molecular formula is C14H24O2. The molecule has 0 bridgehead atoms. The fourth-order valence-electron chi connectivity index (χ4n) is 1.69. The number of rotatable bonds is 8. The van der Waals surface area contributed by atoms with Gasteiger partial charge in [-0.15, -0.1) is 0 Å². The van der Waals surface area contributed by atoms with Gasteiger partial charge in [0.2, 0.25) is 0 Å². The second-order valence-corrected chi connectivity index (χ2v) is 4.41. The van der Waals surface area contributed by atoms with Crippen LogP contribution in [0.15, 0.2) is 23.3 Å². The van der Waals surface area contributed by atoms with Gasteiger partial charge < -0.3 is 5.11 Å². The van der Waals surface area contributed by atoms with Gasteiger partial charge in [-0.25, -0.2) is 4.79 Å². The van der Waals surface area contributed by atoms with Gasteiger partial charge in [-0.2, -0.15) is 0 Å². The molecule has 0 aliphatic rings. The molecule has 16 heavy (non-hydrogen) atoms. The number of allylic oxidation sites excluding steroid dienone is 3. The predicted octanol–water partition coefficient (Wildman–Crippen LogP) is 4.32. The van der Waals surface area contributed by atoms with Crippen molar-refractivity contribution in [3.8, 4) is 0 Å². The SMILES string of the molecule is CCCCCC/C=C(/C)C/C(C)=C\C(=O)O. The normalized spacial score (nSPS) is 12.9. The van der Waals surface area contributed by atoms with Crippen LogP contribution in [0.2, 0.25) is 0 Å². The number of hydrogen-bond donors (Lipinski definition) is 1. The Labute approximate surface area is 99.1 Å². The summed E-state index contributed by atoms with van der Waals surface area (Å²) in [7, 11) is 0. The molecule has 1 N–H and O–H groups in total. The zero-order valence-electron chi connectivity index (χ0n) is 10.8. The maximum Gasteiger partial charge on any atom is 0.328 e. The molecule has 0 aliphatic carbocycles. The second-order valence-electron chi connectivity index (χ2n) is 4.41. The molecule has 0 aromatic carbocycles. The Morgan fingerprint density at radius 2 is 1.81 bits per heavy atom. The van der Waals surface area contributed by atoms with Crippen LogP contribution in [0.5, 0.6) is 0 Å². The lowest BCUT2D eigenvalue weighted by atomic mass is 10.1. The van der Waals surface area contributed by atoms with Crippen LogP contribution >= 0.6 is 0 Å². The van der Waals surface area contributed by atoms with Crippen molar-refractivity contribution in [1.82, 2.24) is 0 Å². The molecule has 92 valence electrons. The van der Waals surface area contributed by atoms with E-state index in [9.17, 15) is 4.79 Å². The Morgan fingerprint density at radius 3 is 2.38 bits per heavy atom. The van der Waals surface area contributed by atoms with E-state index in [0.29, 0.717) is 0 Å². The average Bonchev–Trinajstić information content (AvgIpc) is 2.15. The molecular weight excluding hydrogens is 200 g/mol. The summed E-state index contributed by atoms with van der Waals surface area (Å²) in [5.41, 5.74) is 2.18. The number of carbonyl (C=O) groups is 1. The Bertz CT molecular complexity index is 262. The molecule has 0 amide bonds. The van der Waals surface area contributed by atoms with Gasteiger partial charge in [0.15, 0.2) is 0 Å². The molecule has 0 radical (unpaired) electrons. The van der Waals surface area contributed by atoms with Gasteiger partial charge in [0.05, 0.1) is 0 Å². The maximum atomic E-state index is 10.4. The van der Waals surface area contributed by atoms with E-state index in [1.54, 1.807) is 0 Å². The number of aliphatic carboxylic acids is 1. The van der Waals surface area contributed by atoms with Crippen molar-refractivity contribution in [2.45, 2.75) is 59.3 Å². The van der Waals surface area contributed by atoms with Gasteiger partial charge >= 0.3 is 5.97 Å². The van der Waals surface area contributed by atoms with Gasteiger partial charge in [-0.3, -0.25) is 0 Å². The van der Waals surface area contributed by atoms with Gasteiger partial charge in [0, 0.05) is 6.08 Å². The number of carboxylic acids is 1. The highest BCUT2D eigenvalue weighted by molar-refractivity contribution is 5.80. The fraction of sp³-hybridized carbons (Fsp3) is 0.643. The van der Waals surface area contributed by atoms with Crippen molar-refractivity contribution < 1.29 is 9.90 Å². The van der Waals surface area contributed by atoms with E-state index in [1.807, 2.05) is 6.92 Å². The lowest BCUT2D eigenvalue weighted by Crippen LogP contribution is -1.90. The summed E-state index contributed by atoms with van der Waals surface area (Å²) in [6.45, 7) is 6.14. The minimum Gasteiger partial charge on any atom is -0.478 e. The van der Waals surface area contributed by atoms with Crippen LogP contribution in [0.1, 0.15) is 59.3 Å². The summed E-state index contributed by atoms with van der Waals surface area (Å²) in [5.74, 6) is -0.853. The number of carboxylic acid groups (broad SMARTS) is 1. The fourth-order valence-corrected chi connectivity index (χ4v) is 1.69. The van der Waals surface area contributed by atoms with Crippen molar-refractivity contribution in [2.75, 3.05) is 0 Å². The molecule has 0 fully saturated rings. The minimum atomic E-state index is -0.853. The van der Waals surface area contributed by atoms with Gasteiger partial charge in [-0.1, -0.05) is 43.4 Å². The Balaban J connectivity index is 3.82. The number of hydrogen-bond acceptors (Lipinski definition) is 1. The highest BCUT2D eigenvalue weighted by Gasteiger charge is 1.96. The van der Waals surface area contributed by atoms with E-state index in [-0.39, 0.29) is 0 Å². The van der Waals surface area contributed by atoms with Crippen molar-refractivity contribution in [2.24, 2.45) is 0 Å². The van der Waals surface area contributed by atoms with Gasteiger partial charge in [0.25, 0.3) is 0 Å². The largest absolute Gasteiger partial charge is 0.478 e. The molecule has 0 aliphatic heterocycles. The molecule has 0 heterocycles. The first-order chi connectivity index (χ1) is 7.56. The molecule has 2 nitrogen and oxygen atoms in total. The third kappa shape index (κ3) is 9.50. The van der Waals surface area contributed by atoms with E-state index in [4.69, 9.17) is 5.11 Å². The standard InChI is InChI=1S/C14H24O2/c1-4-5-6-7-8-9-12(2)10-13(3)11-14(15)16/h9,11H,4-8,10H2,1-3H3,(H,15,16)/b12-9-,13-11-. The predicted molar refractivity (Wildman–Crippen MR) is 68.5 cm³/mol. The molecule has 0 aromatic heterocycles. The van der Waals surface area contributed by atoms with Crippen molar-refractivity contribution in [3.63, 3.8) is 0 Å². The van der Waals surface area contributed by atoms with Crippen LogP contribution in [0.3, 0.4) is 0 Å². The maximum absolute atomic E-state index is 10.4. The summed E-state index contributed by atoms with van der Waals surface area (Å²) < 4.78 is 0. The molecule has 0 unspecified atom stereocenters. The molecule has 0 rings (SSSR count). The van der Waals surface area contributed by atoms with E-state index in [2.05, 4.69) is 19.9 Å². The van der Waals surface area contributed by atoms with Gasteiger partial charge in [0.1, 0.15) is 0 Å². The van der Waals surface area contributed by atoms with E-state index >= 15 is 0 Å². The first kappa shape index (κ1) is 14.9. The molecule has 0 atom stereocenters. The van der Waals surface area contributed by atoms with E-state index in [0.717, 1.165) is 18.4 Å². The summed E-state index contributed by atoms with van der Waals surface area (Å²) in [6.07, 6.45) is 10.5. The van der Waals surface area contributed by atoms with Crippen LogP contribution in [-0.2, 0) is 4.79 Å². The topological polar surface area (TPSA) is 37.3 Å². The van der Waals surface area contributed by atoms with Crippen molar-refractivity contribution in [3.05, 3.63) is 23.3 Å². The zero-order chi connectivity index (χ0) is 12.4. The van der Waals surface area contributed by atoms with E-state index in [1.165, 1.54) is 37.3 Å². The molecule has 2 heteroatoms. The lowest BCUT2D eigenvalue weighted by molar-refractivity contribution is -0.131. The Hall–Kier alpha value is -1.05. The Morgan fingerprint density at radius 1 is 1.12 bits per heavy atom. The third-order valence-corrected chi connectivity index (χ3v) is 2.48. The van der Waals surface area contributed by atoms with Gasteiger partial charge in [-0.05, 0) is 33.1 Å². The summed E-state index contributed by atoms with van der Waals surface area (Å²) in [6, 6.07) is 0. The number of unbranched alkanes of at least 4 members (excludes halogenated alkanes) is 4. The first-order valence-electron chi connectivity index (χ1n) is 6.12. The minimum absolute atomic E-state index is 0.778. The van der Waals surface area contributed by atoms with Crippen LogP contribution in [0, 0.1) is 0 Å². The van der Waals surface area contributed by atoms with E-state index < -0.39 is 5.97 Å².